The number of carbonyl (C=O) groups excluding carboxylic acids is 2. The molecule has 1 aliphatic rings. The zero-order valence-electron chi connectivity index (χ0n) is 14.1. The van der Waals surface area contributed by atoms with Crippen molar-refractivity contribution in [2.24, 2.45) is 5.73 Å². The fourth-order valence-electron chi connectivity index (χ4n) is 3.10. The number of halogens is 1. The number of hydrogen-bond acceptors (Lipinski definition) is 6. The largest absolute Gasteiger partial charge is 0.365 e. The highest BCUT2D eigenvalue weighted by Gasteiger charge is 2.26. The van der Waals surface area contributed by atoms with Gasteiger partial charge in [0.25, 0.3) is 5.91 Å². The van der Waals surface area contributed by atoms with Gasteiger partial charge in [-0.05, 0) is 42.2 Å². The van der Waals surface area contributed by atoms with Crippen molar-refractivity contribution in [3.8, 4) is 11.4 Å². The van der Waals surface area contributed by atoms with Crippen LogP contribution in [0.25, 0.3) is 11.4 Å². The quantitative estimate of drug-likeness (QED) is 0.693. The van der Waals surface area contributed by atoms with Crippen molar-refractivity contribution in [3.63, 3.8) is 0 Å². The lowest BCUT2D eigenvalue weighted by molar-refractivity contribution is -0.117. The summed E-state index contributed by atoms with van der Waals surface area (Å²) in [5.74, 6) is -1.14. The molecule has 0 saturated carbocycles. The average molecular weight is 386 g/mol. The number of nitrogens with two attached hydrogens (primary N) is 1. The van der Waals surface area contributed by atoms with E-state index < -0.39 is 17.6 Å². The Labute approximate surface area is 157 Å². The van der Waals surface area contributed by atoms with Gasteiger partial charge >= 0.3 is 0 Å². The number of thiophene rings is 1. The molecule has 0 saturated heterocycles. The number of primary amides is 1. The molecule has 2 aromatic heterocycles. The van der Waals surface area contributed by atoms with Crippen molar-refractivity contribution in [2.75, 3.05) is 5.32 Å². The Kier molecular flexibility index (Phi) is 4.40. The molecule has 2 heterocycles. The number of rotatable bonds is 5. The smallest absolute Gasteiger partial charge is 0.251 e. The Bertz CT molecular complexity index is 1040. The van der Waals surface area contributed by atoms with E-state index in [2.05, 4.69) is 20.7 Å². The van der Waals surface area contributed by atoms with Gasteiger partial charge in [0.1, 0.15) is 17.4 Å². The van der Waals surface area contributed by atoms with Gasteiger partial charge in [0.2, 0.25) is 11.7 Å². The molecule has 8 nitrogen and oxygen atoms in total. The zero-order chi connectivity index (χ0) is 19.0. The highest BCUT2D eigenvalue weighted by atomic mass is 32.1. The number of amides is 2. The lowest BCUT2D eigenvalue weighted by Gasteiger charge is -2.05. The molecule has 2 amide bonds. The van der Waals surface area contributed by atoms with Gasteiger partial charge < -0.3 is 11.1 Å². The first-order chi connectivity index (χ1) is 13.0. The SMILES string of the molecule is NC(=O)c1c(NC(=O)Cn2nnc(-c3cccc(F)c3)n2)sc2c1CCC2. The van der Waals surface area contributed by atoms with Crippen molar-refractivity contribution >= 4 is 28.2 Å². The number of carbonyl (C=O) groups is 2. The van der Waals surface area contributed by atoms with Crippen LogP contribution in [0.4, 0.5) is 9.39 Å². The van der Waals surface area contributed by atoms with Crippen molar-refractivity contribution in [2.45, 2.75) is 25.8 Å². The predicted octanol–water partition coefficient (Wildman–Crippen LogP) is 1.77. The second-order valence-electron chi connectivity index (χ2n) is 6.13. The van der Waals surface area contributed by atoms with Crippen molar-refractivity contribution < 1.29 is 14.0 Å². The number of nitrogens with one attached hydrogen (secondary N) is 1. The van der Waals surface area contributed by atoms with Gasteiger partial charge in [-0.3, -0.25) is 9.59 Å². The first-order valence-corrected chi connectivity index (χ1v) is 9.11. The highest BCUT2D eigenvalue weighted by Crippen LogP contribution is 2.38. The van der Waals surface area contributed by atoms with E-state index in [0.717, 1.165) is 34.5 Å². The molecule has 0 atom stereocenters. The number of hydrogen-bond donors (Lipinski definition) is 2. The van der Waals surface area contributed by atoms with Gasteiger partial charge in [-0.25, -0.2) is 4.39 Å². The molecule has 138 valence electrons. The molecule has 1 aliphatic carbocycles. The maximum absolute atomic E-state index is 13.3. The number of nitrogens with zero attached hydrogens (tertiary/aromatic N) is 4. The number of aryl methyl sites for hydroxylation is 1. The average Bonchev–Trinajstić information content (AvgIpc) is 3.30. The lowest BCUT2D eigenvalue weighted by Crippen LogP contribution is -2.22. The molecule has 0 radical (unpaired) electrons. The second kappa shape index (κ2) is 6.88. The van der Waals surface area contributed by atoms with Crippen LogP contribution < -0.4 is 11.1 Å². The molecule has 10 heteroatoms. The van der Waals surface area contributed by atoms with E-state index in [9.17, 15) is 14.0 Å². The summed E-state index contributed by atoms with van der Waals surface area (Å²) < 4.78 is 13.3. The van der Waals surface area contributed by atoms with Crippen LogP contribution in [0.5, 0.6) is 0 Å². The summed E-state index contributed by atoms with van der Waals surface area (Å²) in [7, 11) is 0. The van der Waals surface area contributed by atoms with E-state index in [1.807, 2.05) is 0 Å². The van der Waals surface area contributed by atoms with Crippen LogP contribution in [-0.2, 0) is 24.2 Å². The third-order valence-electron chi connectivity index (χ3n) is 4.24. The van der Waals surface area contributed by atoms with Crippen LogP contribution in [0, 0.1) is 5.82 Å². The van der Waals surface area contributed by atoms with Crippen molar-refractivity contribution in [1.29, 1.82) is 0 Å². The number of aromatic nitrogens is 4. The maximum Gasteiger partial charge on any atom is 0.251 e. The van der Waals surface area contributed by atoms with E-state index >= 15 is 0 Å². The molecule has 27 heavy (non-hydrogen) atoms. The summed E-state index contributed by atoms with van der Waals surface area (Å²) in [6.07, 6.45) is 2.67. The first-order valence-electron chi connectivity index (χ1n) is 8.29. The highest BCUT2D eigenvalue weighted by molar-refractivity contribution is 7.17. The molecule has 3 N–H and O–H groups in total. The molecular formula is C17H15FN6O2S. The number of anilines is 1. The van der Waals surface area contributed by atoms with Gasteiger partial charge in [0.05, 0.1) is 5.56 Å². The van der Waals surface area contributed by atoms with Crippen LogP contribution in [-0.4, -0.2) is 32.0 Å². The summed E-state index contributed by atoms with van der Waals surface area (Å²) in [5.41, 5.74) is 7.29. The fourth-order valence-corrected chi connectivity index (χ4v) is 4.41. The Hall–Kier alpha value is -3.14. The molecule has 3 aromatic rings. The second-order valence-corrected chi connectivity index (χ2v) is 7.23. The van der Waals surface area contributed by atoms with Gasteiger partial charge in [-0.15, -0.1) is 21.5 Å². The van der Waals surface area contributed by atoms with E-state index in [1.165, 1.54) is 23.5 Å². The third kappa shape index (κ3) is 3.43. The minimum absolute atomic E-state index is 0.191. The van der Waals surface area contributed by atoms with E-state index in [-0.39, 0.29) is 12.4 Å². The molecule has 4 rings (SSSR count). The lowest BCUT2D eigenvalue weighted by atomic mass is 10.1. The summed E-state index contributed by atoms with van der Waals surface area (Å²) in [4.78, 5) is 26.3. The molecule has 0 spiro atoms. The molecule has 0 aliphatic heterocycles. The standard InChI is InChI=1S/C17H15FN6O2S/c18-10-4-1-3-9(7-10)16-21-23-24(22-16)8-13(25)20-17-14(15(19)26)11-5-2-6-12(11)27-17/h1,3-4,7H,2,5-6,8H2,(H2,19,26)(H,20,25). The van der Waals surface area contributed by atoms with Crippen LogP contribution in [0.1, 0.15) is 27.2 Å². The van der Waals surface area contributed by atoms with Gasteiger partial charge in [-0.1, -0.05) is 12.1 Å². The summed E-state index contributed by atoms with van der Waals surface area (Å²) in [6.45, 7) is -0.191. The first kappa shape index (κ1) is 17.3. The Morgan fingerprint density at radius 2 is 2.19 bits per heavy atom. The van der Waals surface area contributed by atoms with Crippen LogP contribution in [0.3, 0.4) is 0 Å². The molecule has 0 bridgehead atoms. The Morgan fingerprint density at radius 1 is 1.33 bits per heavy atom. The van der Waals surface area contributed by atoms with Gasteiger partial charge in [0.15, 0.2) is 0 Å². The fraction of sp³-hybridized carbons (Fsp3) is 0.235. The number of benzene rings is 1. The van der Waals surface area contributed by atoms with Crippen molar-refractivity contribution in [3.05, 3.63) is 46.1 Å². The summed E-state index contributed by atoms with van der Waals surface area (Å²) in [5, 5.41) is 14.9. The van der Waals surface area contributed by atoms with Crippen LogP contribution in [0.2, 0.25) is 0 Å². The minimum atomic E-state index is -0.544. The molecule has 1 aromatic carbocycles. The maximum atomic E-state index is 13.3. The Balaban J connectivity index is 1.49. The molecule has 0 unspecified atom stereocenters. The third-order valence-corrected chi connectivity index (χ3v) is 5.45. The van der Waals surface area contributed by atoms with E-state index in [0.29, 0.717) is 16.1 Å². The molecular weight excluding hydrogens is 371 g/mol. The number of tetrazole rings is 1. The van der Waals surface area contributed by atoms with Crippen molar-refractivity contribution in [1.82, 2.24) is 20.2 Å². The topological polar surface area (TPSA) is 116 Å². The predicted molar refractivity (Wildman–Crippen MR) is 96.7 cm³/mol. The summed E-state index contributed by atoms with van der Waals surface area (Å²) >= 11 is 1.38. The van der Waals surface area contributed by atoms with Gasteiger partial charge in [0, 0.05) is 10.4 Å². The normalized spacial score (nSPS) is 12.8. The zero-order valence-corrected chi connectivity index (χ0v) is 14.9. The monoisotopic (exact) mass is 386 g/mol. The number of fused-ring (bicyclic) bond motifs is 1. The van der Waals surface area contributed by atoms with E-state index in [1.54, 1.807) is 12.1 Å². The van der Waals surface area contributed by atoms with E-state index in [4.69, 9.17) is 5.73 Å². The Morgan fingerprint density at radius 3 is 2.96 bits per heavy atom. The van der Waals surface area contributed by atoms with Crippen LogP contribution >= 0.6 is 11.3 Å². The van der Waals surface area contributed by atoms with Crippen LogP contribution in [0.15, 0.2) is 24.3 Å². The molecule has 0 fully saturated rings. The van der Waals surface area contributed by atoms with Gasteiger partial charge in [-0.2, -0.15) is 4.80 Å². The minimum Gasteiger partial charge on any atom is -0.365 e. The summed E-state index contributed by atoms with van der Waals surface area (Å²) in [6, 6.07) is 5.79.